The molecule has 0 aliphatic heterocycles. The van der Waals surface area contributed by atoms with E-state index in [2.05, 4.69) is 12.2 Å². The molecule has 0 saturated carbocycles. The number of rotatable bonds is 8. The Morgan fingerprint density at radius 3 is 2.61 bits per heavy atom. The molecule has 100 valence electrons. The van der Waals surface area contributed by atoms with Crippen molar-refractivity contribution in [3.63, 3.8) is 0 Å². The zero-order valence-electron chi connectivity index (χ0n) is 11.3. The molecule has 0 bridgehead atoms. The van der Waals surface area contributed by atoms with E-state index < -0.39 is 0 Å². The minimum atomic E-state index is -0.193. The molecule has 0 heterocycles. The summed E-state index contributed by atoms with van der Waals surface area (Å²) in [4.78, 5) is 11.6. The lowest BCUT2D eigenvalue weighted by Gasteiger charge is -2.16. The molecule has 3 nitrogen and oxygen atoms in total. The summed E-state index contributed by atoms with van der Waals surface area (Å²) in [5.74, 6) is -0.165. The number of nitrogens with one attached hydrogen (secondary N) is 1. The van der Waals surface area contributed by atoms with E-state index in [1.807, 2.05) is 30.3 Å². The normalized spacial score (nSPS) is 12.1. The van der Waals surface area contributed by atoms with Crippen LogP contribution in [0, 0.1) is 0 Å². The van der Waals surface area contributed by atoms with Crippen LogP contribution >= 0.6 is 0 Å². The van der Waals surface area contributed by atoms with Crippen LogP contribution in [-0.4, -0.2) is 19.1 Å². The van der Waals surface area contributed by atoms with Crippen LogP contribution in [-0.2, 0) is 16.1 Å². The third-order valence-electron chi connectivity index (χ3n) is 2.98. The van der Waals surface area contributed by atoms with Crippen LogP contribution in [0.25, 0.3) is 0 Å². The topological polar surface area (TPSA) is 38.3 Å². The van der Waals surface area contributed by atoms with Gasteiger partial charge in [-0.15, -0.1) is 0 Å². The van der Waals surface area contributed by atoms with E-state index in [1.54, 1.807) is 0 Å². The number of hydrogen-bond donors (Lipinski definition) is 1. The van der Waals surface area contributed by atoms with E-state index in [0.29, 0.717) is 6.54 Å². The van der Waals surface area contributed by atoms with Crippen LogP contribution in [0.1, 0.15) is 38.2 Å². The Balaban J connectivity index is 2.43. The minimum Gasteiger partial charge on any atom is -0.468 e. The van der Waals surface area contributed by atoms with E-state index in [0.717, 1.165) is 25.7 Å². The van der Waals surface area contributed by atoms with Crippen molar-refractivity contribution >= 4 is 5.97 Å². The van der Waals surface area contributed by atoms with Crippen LogP contribution in [0.15, 0.2) is 30.3 Å². The number of hydrogen-bond acceptors (Lipinski definition) is 3. The highest BCUT2D eigenvalue weighted by Gasteiger charge is 2.17. The van der Waals surface area contributed by atoms with Crippen molar-refractivity contribution in [2.24, 2.45) is 0 Å². The summed E-state index contributed by atoms with van der Waals surface area (Å²) in [6.07, 6.45) is 4.21. The van der Waals surface area contributed by atoms with Gasteiger partial charge in [-0.25, -0.2) is 0 Å². The van der Waals surface area contributed by atoms with Gasteiger partial charge in [-0.1, -0.05) is 56.5 Å². The van der Waals surface area contributed by atoms with Gasteiger partial charge in [0.15, 0.2) is 0 Å². The molecule has 0 aromatic heterocycles. The summed E-state index contributed by atoms with van der Waals surface area (Å²) < 4.78 is 4.83. The molecule has 1 aromatic carbocycles. The van der Waals surface area contributed by atoms with Gasteiger partial charge >= 0.3 is 5.97 Å². The van der Waals surface area contributed by atoms with Crippen molar-refractivity contribution in [1.29, 1.82) is 0 Å². The number of methoxy groups -OCH3 is 1. The van der Waals surface area contributed by atoms with Crippen LogP contribution in [0.4, 0.5) is 0 Å². The number of unbranched alkanes of at least 4 members (excludes halogenated alkanes) is 2. The molecule has 0 aliphatic carbocycles. The molecule has 1 aromatic rings. The molecule has 0 aliphatic rings. The van der Waals surface area contributed by atoms with Gasteiger partial charge < -0.3 is 10.1 Å². The first-order valence-corrected chi connectivity index (χ1v) is 6.63. The summed E-state index contributed by atoms with van der Waals surface area (Å²) in [5, 5.41) is 3.27. The minimum absolute atomic E-state index is 0.165. The highest BCUT2D eigenvalue weighted by Crippen LogP contribution is 2.06. The van der Waals surface area contributed by atoms with Crippen LogP contribution < -0.4 is 5.32 Å². The van der Waals surface area contributed by atoms with Gasteiger partial charge in [0.05, 0.1) is 7.11 Å². The fourth-order valence-corrected chi connectivity index (χ4v) is 1.88. The Kier molecular flexibility index (Phi) is 7.11. The summed E-state index contributed by atoms with van der Waals surface area (Å²) in [7, 11) is 1.44. The number of benzene rings is 1. The van der Waals surface area contributed by atoms with E-state index in [1.165, 1.54) is 12.7 Å². The lowest BCUT2D eigenvalue weighted by atomic mass is 10.1. The molecular formula is C15H23NO2. The highest BCUT2D eigenvalue weighted by molar-refractivity contribution is 5.75. The molecule has 1 atom stereocenters. The number of esters is 1. The maximum Gasteiger partial charge on any atom is 0.322 e. The Labute approximate surface area is 110 Å². The van der Waals surface area contributed by atoms with Gasteiger partial charge in [-0.05, 0) is 12.0 Å². The molecule has 3 heteroatoms. The van der Waals surface area contributed by atoms with Crippen molar-refractivity contribution in [2.75, 3.05) is 7.11 Å². The van der Waals surface area contributed by atoms with E-state index >= 15 is 0 Å². The standard InChI is InChI=1S/C15H23NO2/c1-3-4-6-11-14(15(17)18-2)16-12-13-9-7-5-8-10-13/h5,7-10,14,16H,3-4,6,11-12H2,1-2H3. The Hall–Kier alpha value is -1.35. The molecule has 0 amide bonds. The van der Waals surface area contributed by atoms with Gasteiger partial charge in [-0.2, -0.15) is 0 Å². The van der Waals surface area contributed by atoms with Crippen LogP contribution in [0.2, 0.25) is 0 Å². The molecule has 1 unspecified atom stereocenters. The summed E-state index contributed by atoms with van der Waals surface area (Å²) in [5.41, 5.74) is 1.18. The van der Waals surface area contributed by atoms with E-state index in [4.69, 9.17) is 4.74 Å². The van der Waals surface area contributed by atoms with Crippen molar-refractivity contribution in [3.8, 4) is 0 Å². The monoisotopic (exact) mass is 249 g/mol. The van der Waals surface area contributed by atoms with Crippen molar-refractivity contribution < 1.29 is 9.53 Å². The lowest BCUT2D eigenvalue weighted by Crippen LogP contribution is -2.37. The number of ether oxygens (including phenoxy) is 1. The predicted octanol–water partition coefficient (Wildman–Crippen LogP) is 2.90. The molecular weight excluding hydrogens is 226 g/mol. The van der Waals surface area contributed by atoms with Gasteiger partial charge in [0, 0.05) is 6.54 Å². The van der Waals surface area contributed by atoms with E-state index in [9.17, 15) is 4.79 Å². The summed E-state index contributed by atoms with van der Waals surface area (Å²) >= 11 is 0. The average Bonchev–Trinajstić information content (AvgIpc) is 2.43. The Morgan fingerprint density at radius 2 is 2.00 bits per heavy atom. The number of carbonyl (C=O) groups excluding carboxylic acids is 1. The zero-order chi connectivity index (χ0) is 13.2. The second kappa shape index (κ2) is 8.70. The lowest BCUT2D eigenvalue weighted by molar-refractivity contribution is -0.143. The van der Waals surface area contributed by atoms with Crippen molar-refractivity contribution in [2.45, 2.75) is 45.2 Å². The predicted molar refractivity (Wildman–Crippen MR) is 73.2 cm³/mol. The van der Waals surface area contributed by atoms with Crippen LogP contribution in [0.5, 0.6) is 0 Å². The average molecular weight is 249 g/mol. The molecule has 0 fully saturated rings. The first kappa shape index (κ1) is 14.7. The Bertz CT molecular complexity index is 338. The second-order valence-corrected chi connectivity index (χ2v) is 4.44. The van der Waals surface area contributed by atoms with Gasteiger partial charge in [0.25, 0.3) is 0 Å². The van der Waals surface area contributed by atoms with E-state index in [-0.39, 0.29) is 12.0 Å². The molecule has 1 rings (SSSR count). The molecule has 0 spiro atoms. The van der Waals surface area contributed by atoms with Crippen LogP contribution in [0.3, 0.4) is 0 Å². The zero-order valence-corrected chi connectivity index (χ0v) is 11.3. The molecule has 18 heavy (non-hydrogen) atoms. The first-order valence-electron chi connectivity index (χ1n) is 6.63. The molecule has 0 saturated heterocycles. The van der Waals surface area contributed by atoms with Gasteiger partial charge in [0.2, 0.25) is 0 Å². The van der Waals surface area contributed by atoms with Crippen molar-refractivity contribution in [1.82, 2.24) is 5.32 Å². The smallest absolute Gasteiger partial charge is 0.322 e. The van der Waals surface area contributed by atoms with Gasteiger partial charge in [0.1, 0.15) is 6.04 Å². The highest BCUT2D eigenvalue weighted by atomic mass is 16.5. The summed E-state index contributed by atoms with van der Waals surface area (Å²) in [6.45, 7) is 2.86. The third-order valence-corrected chi connectivity index (χ3v) is 2.98. The number of carbonyl (C=O) groups is 1. The molecule has 0 radical (unpaired) electrons. The third kappa shape index (κ3) is 5.32. The maximum absolute atomic E-state index is 11.6. The fourth-order valence-electron chi connectivity index (χ4n) is 1.88. The SMILES string of the molecule is CCCCCC(NCc1ccccc1)C(=O)OC. The quantitative estimate of drug-likeness (QED) is 0.568. The largest absolute Gasteiger partial charge is 0.468 e. The maximum atomic E-state index is 11.6. The molecule has 1 N–H and O–H groups in total. The van der Waals surface area contributed by atoms with Gasteiger partial charge in [-0.3, -0.25) is 4.79 Å². The first-order chi connectivity index (χ1) is 8.77. The Morgan fingerprint density at radius 1 is 1.28 bits per heavy atom. The second-order valence-electron chi connectivity index (χ2n) is 4.44. The fraction of sp³-hybridized carbons (Fsp3) is 0.533. The summed E-state index contributed by atoms with van der Waals surface area (Å²) in [6, 6.07) is 9.90. The van der Waals surface area contributed by atoms with Crippen molar-refractivity contribution in [3.05, 3.63) is 35.9 Å².